The van der Waals surface area contributed by atoms with Crippen LogP contribution in [0.15, 0.2) is 0 Å². The van der Waals surface area contributed by atoms with Gasteiger partial charge in [0, 0.05) is 136 Å². The highest BCUT2D eigenvalue weighted by Gasteiger charge is 2.34. The summed E-state index contributed by atoms with van der Waals surface area (Å²) in [5.41, 5.74) is 0. The van der Waals surface area contributed by atoms with Crippen LogP contribution in [-0.2, 0) is 14.4 Å². The molecule has 0 atom stereocenters. The van der Waals surface area contributed by atoms with Gasteiger partial charge < -0.3 is 29.4 Å². The summed E-state index contributed by atoms with van der Waals surface area (Å²) >= 11 is 17.4. The van der Waals surface area contributed by atoms with E-state index in [0.717, 1.165) is 174 Å². The molecule has 6 fully saturated rings. The van der Waals surface area contributed by atoms with Crippen molar-refractivity contribution in [2.24, 2.45) is 0 Å². The number of nitrogens with zero attached hydrogens (tertiary/aromatic N) is 12. The van der Waals surface area contributed by atoms with Gasteiger partial charge in [-0.2, -0.15) is 15.0 Å². The zero-order chi connectivity index (χ0) is 37.6. The molecule has 54 heavy (non-hydrogen) atoms. The first-order valence-electron chi connectivity index (χ1n) is 20.1. The molecule has 15 nitrogen and oxygen atoms in total. The number of piperidine rings is 3. The highest BCUT2D eigenvalue weighted by molar-refractivity contribution is 6.27. The van der Waals surface area contributed by atoms with E-state index in [2.05, 4.69) is 29.4 Å². The van der Waals surface area contributed by atoms with Gasteiger partial charge in [0.15, 0.2) is 0 Å². The molecule has 6 saturated heterocycles. The van der Waals surface area contributed by atoms with Crippen LogP contribution in [0.5, 0.6) is 0 Å². The first-order valence-corrected chi connectivity index (χ1v) is 21.7. The van der Waals surface area contributed by atoms with Gasteiger partial charge in [-0.05, 0) is 38.5 Å². The third-order valence-electron chi connectivity index (χ3n) is 12.7. The first kappa shape index (κ1) is 39.8. The summed E-state index contributed by atoms with van der Waals surface area (Å²) in [7, 11) is 0. The smallest absolute Gasteiger partial charge is 0.237 e. The van der Waals surface area contributed by atoms with E-state index in [0.29, 0.717) is 18.1 Å². The molecule has 0 N–H and O–H groups in total. The molecule has 6 aliphatic rings. The number of amides is 3. The van der Waals surface area contributed by atoms with E-state index in [1.54, 1.807) is 0 Å². The number of rotatable bonds is 9. The Kier molecular flexibility index (Phi) is 13.8. The van der Waals surface area contributed by atoms with Crippen molar-refractivity contribution in [1.82, 2.24) is 44.4 Å². The average Bonchev–Trinajstić information content (AvgIpc) is 3.25. The van der Waals surface area contributed by atoms with E-state index in [-0.39, 0.29) is 35.4 Å². The van der Waals surface area contributed by atoms with Gasteiger partial charge >= 0.3 is 0 Å². The lowest BCUT2D eigenvalue weighted by molar-refractivity contribution is -0.130. The maximum atomic E-state index is 12.1. The largest absolute Gasteiger partial charge is 0.342 e. The Morgan fingerprint density at radius 2 is 0.611 bits per heavy atom. The second-order valence-corrected chi connectivity index (χ2v) is 16.3. The van der Waals surface area contributed by atoms with Crippen LogP contribution in [-0.4, -0.2) is 216 Å². The number of halogens is 3. The fourth-order valence-electron chi connectivity index (χ4n) is 9.32. The van der Waals surface area contributed by atoms with Crippen LogP contribution in [0, 0.1) is 0 Å². The summed E-state index contributed by atoms with van der Waals surface area (Å²) in [6, 6.07) is 1.43. The van der Waals surface area contributed by atoms with Gasteiger partial charge in [0.2, 0.25) is 35.6 Å². The predicted octanol–water partition coefficient (Wildman–Crippen LogP) is 0.927. The van der Waals surface area contributed by atoms with Gasteiger partial charge in [-0.25, -0.2) is 0 Å². The van der Waals surface area contributed by atoms with Crippen molar-refractivity contribution in [3.05, 3.63) is 0 Å². The van der Waals surface area contributed by atoms with Crippen LogP contribution in [0.3, 0.4) is 0 Å². The van der Waals surface area contributed by atoms with Crippen LogP contribution in [0.1, 0.15) is 38.5 Å². The SMILES string of the molecule is O=C(CCl)N1CCC(N2CCN(c3nc(N4CCN(C5CCN(C(=O)CCl)CC5)CC4)nc(N4CCN(C5CCN(C(=O)CCl)CC5)CC4)n3)CC2)CC1. The molecule has 6 aliphatic heterocycles. The van der Waals surface area contributed by atoms with Crippen molar-refractivity contribution in [3.8, 4) is 0 Å². The Morgan fingerprint density at radius 3 is 0.815 bits per heavy atom. The third kappa shape index (κ3) is 9.39. The molecule has 0 spiro atoms. The number of piperazine rings is 3. The quantitative estimate of drug-likeness (QED) is 0.331. The molecule has 0 unspecified atom stereocenters. The minimum Gasteiger partial charge on any atom is -0.342 e. The molecule has 0 bridgehead atoms. The summed E-state index contributed by atoms with van der Waals surface area (Å²) in [6.45, 7) is 15.4. The monoisotopic (exact) mass is 810 g/mol. The van der Waals surface area contributed by atoms with E-state index in [1.165, 1.54) is 0 Å². The van der Waals surface area contributed by atoms with Gasteiger partial charge in [0.1, 0.15) is 17.6 Å². The van der Waals surface area contributed by atoms with Gasteiger partial charge in [0.25, 0.3) is 0 Å². The number of carbonyl (C=O) groups excluding carboxylic acids is 3. The van der Waals surface area contributed by atoms with E-state index >= 15 is 0 Å². The summed E-state index contributed by atoms with van der Waals surface area (Å²) in [5.74, 6) is 2.55. The molecule has 3 amide bonds. The zero-order valence-corrected chi connectivity index (χ0v) is 33.8. The number of carbonyl (C=O) groups is 3. The van der Waals surface area contributed by atoms with Crippen LogP contribution in [0.25, 0.3) is 0 Å². The first-order chi connectivity index (χ1) is 26.3. The van der Waals surface area contributed by atoms with Crippen molar-refractivity contribution in [2.75, 3.05) is 150 Å². The van der Waals surface area contributed by atoms with E-state index in [4.69, 9.17) is 49.8 Å². The summed E-state index contributed by atoms with van der Waals surface area (Å²) in [5, 5.41) is 0. The van der Waals surface area contributed by atoms with Crippen molar-refractivity contribution in [1.29, 1.82) is 0 Å². The molecule has 7 rings (SSSR count). The van der Waals surface area contributed by atoms with Crippen molar-refractivity contribution in [2.45, 2.75) is 56.7 Å². The molecule has 1 aromatic heterocycles. The number of likely N-dealkylation sites (tertiary alicyclic amines) is 3. The normalized spacial score (nSPS) is 24.1. The lowest BCUT2D eigenvalue weighted by Gasteiger charge is -2.44. The fraction of sp³-hybridized carbons (Fsp3) is 0.833. The zero-order valence-electron chi connectivity index (χ0n) is 31.5. The van der Waals surface area contributed by atoms with Gasteiger partial charge in [0.05, 0.1) is 0 Å². The van der Waals surface area contributed by atoms with Crippen LogP contribution in [0.2, 0.25) is 0 Å². The minimum atomic E-state index is 0.0337. The second-order valence-electron chi connectivity index (χ2n) is 15.5. The number of hydrogen-bond donors (Lipinski definition) is 0. The topological polar surface area (TPSA) is 119 Å². The highest BCUT2D eigenvalue weighted by Crippen LogP contribution is 2.27. The summed E-state index contributed by atoms with van der Waals surface area (Å²) < 4.78 is 0. The molecule has 0 saturated carbocycles. The lowest BCUT2D eigenvalue weighted by atomic mass is 10.0. The van der Waals surface area contributed by atoms with Crippen LogP contribution in [0.4, 0.5) is 17.8 Å². The molecule has 18 heteroatoms. The maximum Gasteiger partial charge on any atom is 0.237 e. The van der Waals surface area contributed by atoms with Crippen molar-refractivity contribution >= 4 is 70.4 Å². The van der Waals surface area contributed by atoms with Gasteiger partial charge in [-0.1, -0.05) is 0 Å². The molecule has 7 heterocycles. The number of anilines is 3. The Labute approximate surface area is 334 Å². The number of hydrogen-bond acceptors (Lipinski definition) is 12. The van der Waals surface area contributed by atoms with Gasteiger partial charge in [-0.15, -0.1) is 34.8 Å². The molecular weight excluding hydrogens is 755 g/mol. The highest BCUT2D eigenvalue weighted by atomic mass is 35.5. The molecule has 0 aliphatic carbocycles. The minimum absolute atomic E-state index is 0.0337. The Morgan fingerprint density at radius 1 is 0.389 bits per heavy atom. The Balaban J connectivity index is 0.989. The number of aromatic nitrogens is 3. The summed E-state index contributed by atoms with van der Waals surface area (Å²) in [4.78, 5) is 72.2. The fourth-order valence-corrected chi connectivity index (χ4v) is 9.83. The Bertz CT molecular complexity index is 1240. The van der Waals surface area contributed by atoms with Gasteiger partial charge in [-0.3, -0.25) is 29.1 Å². The lowest BCUT2D eigenvalue weighted by Crippen LogP contribution is -2.55. The van der Waals surface area contributed by atoms with E-state index in [1.807, 2.05) is 14.7 Å². The summed E-state index contributed by atoms with van der Waals surface area (Å²) in [6.07, 6.45) is 5.89. The standard InChI is InChI=1S/C36H57Cl3N12O3/c37-25-31(52)46-7-1-28(2-8-46)43-13-19-49(20-14-43)34-40-35(50-21-15-44(16-22-50)29-3-9-47(10-4-29)32(53)26-38)42-36(41-34)51-23-17-45(18-24-51)30-5-11-48(12-6-30)33(54)27-39/h28-30H,1-27H2. The molecule has 1 aromatic rings. The van der Waals surface area contributed by atoms with E-state index < -0.39 is 0 Å². The average molecular weight is 812 g/mol. The second kappa shape index (κ2) is 18.7. The number of alkyl halides is 3. The van der Waals surface area contributed by atoms with Crippen molar-refractivity contribution < 1.29 is 14.4 Å². The molecule has 300 valence electrons. The maximum absolute atomic E-state index is 12.1. The Hall–Kier alpha value is -2.43. The predicted molar refractivity (Wildman–Crippen MR) is 212 cm³/mol. The van der Waals surface area contributed by atoms with E-state index in [9.17, 15) is 14.4 Å². The molecule has 0 aromatic carbocycles. The van der Waals surface area contributed by atoms with Crippen LogP contribution >= 0.6 is 34.8 Å². The third-order valence-corrected chi connectivity index (χ3v) is 13.4. The molecule has 0 radical (unpaired) electrons. The molecular formula is C36H57Cl3N12O3. The van der Waals surface area contributed by atoms with Crippen molar-refractivity contribution in [3.63, 3.8) is 0 Å². The van der Waals surface area contributed by atoms with Crippen LogP contribution < -0.4 is 14.7 Å².